The third-order valence-electron chi connectivity index (χ3n) is 6.30. The minimum atomic E-state index is -0.902. The maximum Gasteiger partial charge on any atom is 0.573 e. The molecule has 0 bridgehead atoms. The van der Waals surface area contributed by atoms with Gasteiger partial charge in [0.15, 0.2) is 0 Å². The van der Waals surface area contributed by atoms with Crippen molar-refractivity contribution in [3.8, 4) is 0 Å². The highest BCUT2D eigenvalue weighted by molar-refractivity contribution is 5.58. The van der Waals surface area contributed by atoms with Crippen LogP contribution in [-0.4, -0.2) is 18.4 Å². The Kier molecular flexibility index (Phi) is 7.37. The summed E-state index contributed by atoms with van der Waals surface area (Å²) in [5.41, 5.74) is 0.648. The fourth-order valence-electron chi connectivity index (χ4n) is 4.28. The molecule has 0 aromatic rings. The summed E-state index contributed by atoms with van der Waals surface area (Å²) in [6.45, 7) is 13.7. The van der Waals surface area contributed by atoms with Crippen LogP contribution in [0.1, 0.15) is 92.9 Å². The number of rotatable bonds is 4. The van der Waals surface area contributed by atoms with Crippen LogP contribution in [0.15, 0.2) is 0 Å². The summed E-state index contributed by atoms with van der Waals surface area (Å²) in [6, 6.07) is 0. The molecule has 0 unspecified atom stereocenters. The summed E-state index contributed by atoms with van der Waals surface area (Å²) >= 11 is 0. The summed E-state index contributed by atoms with van der Waals surface area (Å²) in [5.74, 6) is 1.39. The van der Waals surface area contributed by atoms with Crippen LogP contribution in [0.2, 0.25) is 0 Å². The van der Waals surface area contributed by atoms with E-state index in [4.69, 9.17) is 19.6 Å². The van der Waals surface area contributed by atoms with Gasteiger partial charge in [-0.15, -0.1) is 0 Å². The fraction of sp³-hybridized carbons (Fsp3) is 0.952. The van der Waals surface area contributed by atoms with Crippen molar-refractivity contribution in [2.75, 3.05) is 0 Å². The molecular formula is C21H38O5. The van der Waals surface area contributed by atoms with Gasteiger partial charge < -0.3 is 0 Å². The predicted molar refractivity (Wildman–Crippen MR) is 100 cm³/mol. The Bertz CT molecular complexity index is 392. The first-order chi connectivity index (χ1) is 12.1. The number of hydrogen-bond donors (Lipinski definition) is 0. The average Bonchev–Trinajstić information content (AvgIpc) is 2.57. The number of hydrogen-bond acceptors (Lipinski definition) is 5. The summed E-state index contributed by atoms with van der Waals surface area (Å²) in [6.07, 6.45) is 7.05. The van der Waals surface area contributed by atoms with Gasteiger partial charge in [0.05, 0.1) is 0 Å². The van der Waals surface area contributed by atoms with Crippen molar-refractivity contribution in [3.63, 3.8) is 0 Å². The van der Waals surface area contributed by atoms with Crippen LogP contribution in [0.4, 0.5) is 4.79 Å². The molecule has 0 spiro atoms. The van der Waals surface area contributed by atoms with Crippen LogP contribution in [-0.2, 0) is 19.6 Å². The zero-order chi connectivity index (χ0) is 19.4. The molecule has 0 N–H and O–H groups in total. The SMILES string of the molecule is CC(C)(C)C1CCC(OOC(=O)OOC2CCC(C(C)(C)C)CC2)CC1. The Morgan fingerprint density at radius 1 is 0.615 bits per heavy atom. The minimum absolute atomic E-state index is 0.0385. The summed E-state index contributed by atoms with van der Waals surface area (Å²) in [5, 5.41) is 0. The van der Waals surface area contributed by atoms with Crippen LogP contribution < -0.4 is 0 Å². The van der Waals surface area contributed by atoms with Gasteiger partial charge in [-0.25, -0.2) is 0 Å². The zero-order valence-corrected chi connectivity index (χ0v) is 17.5. The Morgan fingerprint density at radius 3 is 1.19 bits per heavy atom. The normalized spacial score (nSPS) is 30.7. The van der Waals surface area contributed by atoms with Gasteiger partial charge in [0.25, 0.3) is 0 Å². The molecule has 0 heterocycles. The van der Waals surface area contributed by atoms with Crippen LogP contribution in [0.25, 0.3) is 0 Å². The molecule has 0 saturated heterocycles. The van der Waals surface area contributed by atoms with E-state index in [1.165, 1.54) is 0 Å². The Hall–Kier alpha value is -0.810. The van der Waals surface area contributed by atoms with Gasteiger partial charge in [0.2, 0.25) is 0 Å². The second-order valence-electron chi connectivity index (χ2n) is 10.3. The average molecular weight is 371 g/mol. The van der Waals surface area contributed by atoms with Crippen LogP contribution in [0, 0.1) is 22.7 Å². The van der Waals surface area contributed by atoms with E-state index in [1.807, 2.05) is 0 Å². The third-order valence-corrected chi connectivity index (χ3v) is 6.30. The first-order valence-electron chi connectivity index (χ1n) is 10.3. The Labute approximate surface area is 159 Å². The smallest absolute Gasteiger partial charge is 0.257 e. The summed E-state index contributed by atoms with van der Waals surface area (Å²) in [4.78, 5) is 31.8. The fourth-order valence-corrected chi connectivity index (χ4v) is 4.28. The molecule has 26 heavy (non-hydrogen) atoms. The van der Waals surface area contributed by atoms with Crippen molar-refractivity contribution in [1.29, 1.82) is 0 Å². The van der Waals surface area contributed by atoms with Crippen molar-refractivity contribution in [2.45, 2.75) is 105 Å². The lowest BCUT2D eigenvalue weighted by molar-refractivity contribution is -0.352. The topological polar surface area (TPSA) is 54.0 Å². The van der Waals surface area contributed by atoms with Crippen molar-refractivity contribution in [3.05, 3.63) is 0 Å². The molecule has 0 aromatic carbocycles. The summed E-state index contributed by atoms with van der Waals surface area (Å²) < 4.78 is 0. The highest BCUT2D eigenvalue weighted by Gasteiger charge is 2.32. The monoisotopic (exact) mass is 370 g/mol. The lowest BCUT2D eigenvalue weighted by Gasteiger charge is -2.36. The van der Waals surface area contributed by atoms with Gasteiger partial charge in [0, 0.05) is 0 Å². The van der Waals surface area contributed by atoms with E-state index in [0.717, 1.165) is 51.4 Å². The van der Waals surface area contributed by atoms with Crippen LogP contribution in [0.3, 0.4) is 0 Å². The predicted octanol–water partition coefficient (Wildman–Crippen LogP) is 6.21. The molecule has 5 heteroatoms. The van der Waals surface area contributed by atoms with E-state index in [9.17, 15) is 4.79 Å². The standard InChI is InChI=1S/C21H38O5/c1-20(2,3)15-7-11-17(12-8-15)23-25-19(22)26-24-18-13-9-16(10-14-18)21(4,5)6/h15-18H,7-14H2,1-6H3. The molecule has 0 amide bonds. The van der Waals surface area contributed by atoms with Gasteiger partial charge in [-0.2, -0.15) is 14.6 Å². The van der Waals surface area contributed by atoms with E-state index < -0.39 is 6.16 Å². The Balaban J connectivity index is 1.58. The molecule has 2 fully saturated rings. The summed E-state index contributed by atoms with van der Waals surface area (Å²) in [7, 11) is 0. The zero-order valence-electron chi connectivity index (χ0n) is 17.5. The van der Waals surface area contributed by atoms with Gasteiger partial charge >= 0.3 is 6.16 Å². The van der Waals surface area contributed by atoms with Gasteiger partial charge in [-0.05, 0) is 74.0 Å². The minimum Gasteiger partial charge on any atom is -0.257 e. The molecule has 2 aliphatic rings. The van der Waals surface area contributed by atoms with E-state index in [-0.39, 0.29) is 12.2 Å². The maximum atomic E-state index is 11.7. The van der Waals surface area contributed by atoms with Crippen molar-refractivity contribution in [2.24, 2.45) is 22.7 Å². The molecule has 2 rings (SSSR count). The first-order valence-corrected chi connectivity index (χ1v) is 10.3. The van der Waals surface area contributed by atoms with E-state index in [2.05, 4.69) is 41.5 Å². The van der Waals surface area contributed by atoms with E-state index in [1.54, 1.807) is 0 Å². The second-order valence-corrected chi connectivity index (χ2v) is 10.3. The lowest BCUT2D eigenvalue weighted by atomic mass is 9.72. The second kappa shape index (κ2) is 8.92. The highest BCUT2D eigenvalue weighted by Crippen LogP contribution is 2.39. The van der Waals surface area contributed by atoms with E-state index >= 15 is 0 Å². The molecule has 0 atom stereocenters. The molecule has 0 aromatic heterocycles. The molecule has 2 saturated carbocycles. The quantitative estimate of drug-likeness (QED) is 0.435. The molecule has 0 radical (unpaired) electrons. The molecular weight excluding hydrogens is 332 g/mol. The number of carbonyl (C=O) groups excluding carboxylic acids is 1. The van der Waals surface area contributed by atoms with Crippen molar-refractivity contribution < 1.29 is 24.3 Å². The van der Waals surface area contributed by atoms with Gasteiger partial charge in [-0.3, -0.25) is 9.78 Å². The first kappa shape index (κ1) is 21.5. The van der Waals surface area contributed by atoms with Crippen molar-refractivity contribution in [1.82, 2.24) is 0 Å². The molecule has 2 aliphatic carbocycles. The van der Waals surface area contributed by atoms with Crippen LogP contribution in [0.5, 0.6) is 0 Å². The third kappa shape index (κ3) is 6.73. The van der Waals surface area contributed by atoms with Gasteiger partial charge in [0.1, 0.15) is 12.2 Å². The number of carbonyl (C=O) groups is 1. The molecule has 152 valence electrons. The largest absolute Gasteiger partial charge is 0.573 e. The maximum absolute atomic E-state index is 11.7. The molecule has 0 aliphatic heterocycles. The van der Waals surface area contributed by atoms with Crippen LogP contribution >= 0.6 is 0 Å². The van der Waals surface area contributed by atoms with Crippen molar-refractivity contribution >= 4 is 6.16 Å². The van der Waals surface area contributed by atoms with Gasteiger partial charge in [-0.1, -0.05) is 41.5 Å². The lowest BCUT2D eigenvalue weighted by Crippen LogP contribution is -2.31. The Morgan fingerprint density at radius 2 is 0.923 bits per heavy atom. The van der Waals surface area contributed by atoms with E-state index in [0.29, 0.717) is 22.7 Å². The molecule has 5 nitrogen and oxygen atoms in total. The highest BCUT2D eigenvalue weighted by atomic mass is 17.3.